The summed E-state index contributed by atoms with van der Waals surface area (Å²) in [5.41, 5.74) is 0. The van der Waals surface area contributed by atoms with Gasteiger partial charge in [0.2, 0.25) is 0 Å². The molecule has 0 N–H and O–H groups in total. The maximum Gasteiger partial charge on any atom is 0.306 e. The first-order valence-electron chi connectivity index (χ1n) is 19.9. The van der Waals surface area contributed by atoms with Gasteiger partial charge in [0.1, 0.15) is 6.61 Å². The van der Waals surface area contributed by atoms with Gasteiger partial charge in [0.25, 0.3) is 0 Å². The molecule has 0 fully saturated rings. The minimum absolute atomic E-state index is 0.0852. The van der Waals surface area contributed by atoms with E-state index in [2.05, 4.69) is 45.1 Å². The van der Waals surface area contributed by atoms with Crippen LogP contribution in [0, 0.1) is 0 Å². The van der Waals surface area contributed by atoms with Crippen molar-refractivity contribution in [2.24, 2.45) is 0 Å². The van der Waals surface area contributed by atoms with E-state index in [1.54, 1.807) is 0 Å². The standard InChI is InChI=1S/C41H76O5/c1-4-7-10-13-15-17-19-20-21-23-25-27-30-33-36-44-37-39(46-41(43)35-32-28-12-9-6-3)38-45-40(42)34-31-29-26-24-22-18-16-14-11-8-5-2/h10,13,17,19,39H,4-9,11-12,14-16,18,20-38H2,1-3H3/b13-10-,19-17-. The van der Waals surface area contributed by atoms with E-state index in [0.29, 0.717) is 19.4 Å². The van der Waals surface area contributed by atoms with E-state index in [9.17, 15) is 9.59 Å². The fraction of sp³-hybridized carbons (Fsp3) is 0.854. The Morgan fingerprint density at radius 1 is 0.478 bits per heavy atom. The highest BCUT2D eigenvalue weighted by molar-refractivity contribution is 5.70. The summed E-state index contributed by atoms with van der Waals surface area (Å²) in [4.78, 5) is 24.8. The Balaban J connectivity index is 4.10. The topological polar surface area (TPSA) is 61.8 Å². The van der Waals surface area contributed by atoms with Gasteiger partial charge in [-0.05, 0) is 44.9 Å². The Morgan fingerprint density at radius 2 is 0.957 bits per heavy atom. The average Bonchev–Trinajstić information content (AvgIpc) is 3.05. The largest absolute Gasteiger partial charge is 0.462 e. The van der Waals surface area contributed by atoms with Crippen LogP contribution in [0.3, 0.4) is 0 Å². The van der Waals surface area contributed by atoms with E-state index in [-0.39, 0.29) is 25.2 Å². The quantitative estimate of drug-likeness (QED) is 0.0384. The van der Waals surface area contributed by atoms with Crippen molar-refractivity contribution >= 4 is 11.9 Å². The van der Waals surface area contributed by atoms with Crippen molar-refractivity contribution in [2.45, 2.75) is 207 Å². The fourth-order valence-corrected chi connectivity index (χ4v) is 5.49. The zero-order valence-electron chi connectivity index (χ0n) is 30.8. The average molecular weight is 649 g/mol. The lowest BCUT2D eigenvalue weighted by Gasteiger charge is -2.18. The molecule has 1 unspecified atom stereocenters. The van der Waals surface area contributed by atoms with Crippen LogP contribution < -0.4 is 0 Å². The van der Waals surface area contributed by atoms with Crippen molar-refractivity contribution in [1.29, 1.82) is 0 Å². The predicted octanol–water partition coefficient (Wildman–Crippen LogP) is 12.6. The maximum atomic E-state index is 12.5. The molecule has 5 heteroatoms. The number of unbranched alkanes of at least 4 members (excludes halogenated alkanes) is 21. The smallest absolute Gasteiger partial charge is 0.306 e. The summed E-state index contributed by atoms with van der Waals surface area (Å²) >= 11 is 0. The van der Waals surface area contributed by atoms with Crippen molar-refractivity contribution < 1.29 is 23.8 Å². The Kier molecular flexibility index (Phi) is 36.5. The predicted molar refractivity (Wildman–Crippen MR) is 196 cm³/mol. The van der Waals surface area contributed by atoms with Gasteiger partial charge in [0, 0.05) is 19.4 Å². The van der Waals surface area contributed by atoms with E-state index in [4.69, 9.17) is 14.2 Å². The van der Waals surface area contributed by atoms with Gasteiger partial charge in [-0.3, -0.25) is 9.59 Å². The van der Waals surface area contributed by atoms with Gasteiger partial charge in [0.15, 0.2) is 6.10 Å². The van der Waals surface area contributed by atoms with Crippen LogP contribution in [0.4, 0.5) is 0 Å². The normalized spacial score (nSPS) is 12.3. The van der Waals surface area contributed by atoms with Crippen LogP contribution in [0.2, 0.25) is 0 Å². The van der Waals surface area contributed by atoms with Crippen LogP contribution in [0.5, 0.6) is 0 Å². The summed E-state index contributed by atoms with van der Waals surface area (Å²) < 4.78 is 17.1. The lowest BCUT2D eigenvalue weighted by atomic mass is 10.1. The number of rotatable bonds is 36. The van der Waals surface area contributed by atoms with Gasteiger partial charge in [-0.25, -0.2) is 0 Å². The number of hydrogen-bond acceptors (Lipinski definition) is 5. The molecule has 5 nitrogen and oxygen atoms in total. The second-order valence-electron chi connectivity index (χ2n) is 13.2. The molecule has 270 valence electrons. The zero-order chi connectivity index (χ0) is 33.6. The van der Waals surface area contributed by atoms with Gasteiger partial charge < -0.3 is 14.2 Å². The summed E-state index contributed by atoms with van der Waals surface area (Å²) in [6.45, 7) is 7.67. The minimum Gasteiger partial charge on any atom is -0.462 e. The second kappa shape index (κ2) is 37.8. The van der Waals surface area contributed by atoms with Crippen molar-refractivity contribution in [1.82, 2.24) is 0 Å². The first-order chi connectivity index (χ1) is 22.6. The van der Waals surface area contributed by atoms with Crippen LogP contribution in [-0.2, 0) is 23.8 Å². The SMILES string of the molecule is CCC/C=C\C/C=C\CCCCCCCCOCC(COC(=O)CCCCCCCCCCCCC)OC(=O)CCCCCCC. The molecular formula is C41H76O5. The highest BCUT2D eigenvalue weighted by Gasteiger charge is 2.17. The van der Waals surface area contributed by atoms with E-state index in [1.807, 2.05) is 0 Å². The van der Waals surface area contributed by atoms with Gasteiger partial charge in [0.05, 0.1) is 6.61 Å². The van der Waals surface area contributed by atoms with E-state index in [1.165, 1.54) is 116 Å². The van der Waals surface area contributed by atoms with Crippen LogP contribution in [0.15, 0.2) is 24.3 Å². The van der Waals surface area contributed by atoms with Crippen LogP contribution in [0.1, 0.15) is 201 Å². The molecule has 0 aliphatic rings. The molecule has 0 amide bonds. The lowest BCUT2D eigenvalue weighted by Crippen LogP contribution is -2.30. The Labute approximate surface area is 286 Å². The van der Waals surface area contributed by atoms with Crippen LogP contribution in [-0.4, -0.2) is 37.9 Å². The number of carbonyl (C=O) groups is 2. The molecule has 0 saturated heterocycles. The second-order valence-corrected chi connectivity index (χ2v) is 13.2. The molecule has 46 heavy (non-hydrogen) atoms. The van der Waals surface area contributed by atoms with E-state index >= 15 is 0 Å². The molecule has 0 radical (unpaired) electrons. The Hall–Kier alpha value is -1.62. The molecule has 0 saturated carbocycles. The summed E-state index contributed by atoms with van der Waals surface area (Å²) in [5.74, 6) is -0.412. The number of hydrogen-bond donors (Lipinski definition) is 0. The summed E-state index contributed by atoms with van der Waals surface area (Å²) in [7, 11) is 0. The van der Waals surface area contributed by atoms with E-state index in [0.717, 1.165) is 51.4 Å². The van der Waals surface area contributed by atoms with Crippen molar-refractivity contribution in [3.63, 3.8) is 0 Å². The van der Waals surface area contributed by atoms with Gasteiger partial charge in [-0.2, -0.15) is 0 Å². The van der Waals surface area contributed by atoms with E-state index < -0.39 is 6.10 Å². The summed E-state index contributed by atoms with van der Waals surface area (Å²) in [6, 6.07) is 0. The fourth-order valence-electron chi connectivity index (χ4n) is 5.49. The highest BCUT2D eigenvalue weighted by atomic mass is 16.6. The molecule has 0 aromatic rings. The molecule has 0 bridgehead atoms. The molecule has 0 aromatic carbocycles. The molecule has 0 heterocycles. The van der Waals surface area contributed by atoms with Crippen molar-refractivity contribution in [2.75, 3.05) is 19.8 Å². The van der Waals surface area contributed by atoms with Crippen molar-refractivity contribution in [3.05, 3.63) is 24.3 Å². The lowest BCUT2D eigenvalue weighted by molar-refractivity contribution is -0.163. The Bertz CT molecular complexity index is 701. The molecule has 1 atom stereocenters. The summed E-state index contributed by atoms with van der Waals surface area (Å²) in [6.07, 6.45) is 40.5. The van der Waals surface area contributed by atoms with Gasteiger partial charge >= 0.3 is 11.9 Å². The molecule has 0 aliphatic heterocycles. The molecule has 0 rings (SSSR count). The van der Waals surface area contributed by atoms with Crippen LogP contribution in [0.25, 0.3) is 0 Å². The van der Waals surface area contributed by atoms with Gasteiger partial charge in [-0.15, -0.1) is 0 Å². The van der Waals surface area contributed by atoms with Crippen LogP contribution >= 0.6 is 0 Å². The highest BCUT2D eigenvalue weighted by Crippen LogP contribution is 2.13. The molecular weight excluding hydrogens is 572 g/mol. The number of esters is 2. The number of ether oxygens (including phenoxy) is 3. The first-order valence-corrected chi connectivity index (χ1v) is 19.9. The third-order valence-electron chi connectivity index (χ3n) is 8.47. The minimum atomic E-state index is -0.528. The molecule has 0 aliphatic carbocycles. The number of carbonyl (C=O) groups excluding carboxylic acids is 2. The third-order valence-corrected chi connectivity index (χ3v) is 8.47. The summed E-state index contributed by atoms with van der Waals surface area (Å²) in [5, 5.41) is 0. The molecule has 0 aromatic heterocycles. The van der Waals surface area contributed by atoms with Gasteiger partial charge in [-0.1, -0.05) is 167 Å². The Morgan fingerprint density at radius 3 is 1.52 bits per heavy atom. The molecule has 0 spiro atoms. The maximum absolute atomic E-state index is 12.5. The number of allylic oxidation sites excluding steroid dienone is 4. The first kappa shape index (κ1) is 44.4. The zero-order valence-corrected chi connectivity index (χ0v) is 30.8. The van der Waals surface area contributed by atoms with Crippen molar-refractivity contribution in [3.8, 4) is 0 Å². The monoisotopic (exact) mass is 649 g/mol. The third kappa shape index (κ3) is 35.2.